The van der Waals surface area contributed by atoms with Gasteiger partial charge in [0.05, 0.1) is 72.9 Å². The van der Waals surface area contributed by atoms with Gasteiger partial charge >= 0.3 is 0 Å². The van der Waals surface area contributed by atoms with Crippen LogP contribution >= 0.6 is 15.9 Å². The van der Waals surface area contributed by atoms with Gasteiger partial charge < -0.3 is 18.9 Å². The molecule has 0 saturated heterocycles. The Labute approximate surface area is 356 Å². The van der Waals surface area contributed by atoms with Crippen molar-refractivity contribution in [1.82, 2.24) is 0 Å². The number of nitrogens with zero attached hydrogens (tertiary/aromatic N) is 2. The summed E-state index contributed by atoms with van der Waals surface area (Å²) in [5.41, 5.74) is 0.754. The van der Waals surface area contributed by atoms with Gasteiger partial charge in [-0.3, -0.25) is 14.4 Å². The second kappa shape index (κ2) is 28.9. The fourth-order valence-corrected chi connectivity index (χ4v) is 4.37. The molecule has 61 heavy (non-hydrogen) atoms. The van der Waals surface area contributed by atoms with E-state index in [4.69, 9.17) is 29.5 Å². The Kier molecular flexibility index (Phi) is 24.4. The van der Waals surface area contributed by atoms with Gasteiger partial charge in [-0.05, 0) is 107 Å². The van der Waals surface area contributed by atoms with Crippen LogP contribution in [0.4, 0.5) is 26.3 Å². The number of methoxy groups -OCH3 is 4. The molecule has 0 N–H and O–H groups in total. The number of hydrogen-bond acceptors (Lipinski definition) is 9. The third kappa shape index (κ3) is 17.9. The average molecular weight is 910 g/mol. The molecule has 0 aliphatic rings. The Morgan fingerprint density at radius 3 is 1.41 bits per heavy atom. The van der Waals surface area contributed by atoms with E-state index < -0.39 is 23.3 Å². The van der Waals surface area contributed by atoms with Crippen LogP contribution in [0.15, 0.2) is 126 Å². The van der Waals surface area contributed by atoms with Crippen LogP contribution in [0.3, 0.4) is 0 Å². The zero-order valence-corrected chi connectivity index (χ0v) is 34.3. The van der Waals surface area contributed by atoms with Crippen molar-refractivity contribution in [2.24, 2.45) is 0 Å². The molecule has 0 radical (unpaired) electrons. The molecule has 0 aliphatic carbocycles. The SMILES string of the molecule is COc1ccc(C=O)c(F)c1OC.COc1cccc(F)c1OC.Fc1ccccc1Br.N#Cc1ccc(F)c(C=O)c1.N#Cc1ccc(F)cc1.O=Cc1ccccc1F. The molecule has 0 saturated carbocycles. The first-order valence-electron chi connectivity index (χ1n) is 16.9. The quantitative estimate of drug-likeness (QED) is 0.113. The molecular formula is C45H35BrF6N2O7. The monoisotopic (exact) mass is 908 g/mol. The van der Waals surface area contributed by atoms with Crippen molar-refractivity contribution >= 4 is 34.8 Å². The van der Waals surface area contributed by atoms with Gasteiger partial charge in [0.1, 0.15) is 23.3 Å². The summed E-state index contributed by atoms with van der Waals surface area (Å²) in [5, 5.41) is 16.6. The Morgan fingerprint density at radius 1 is 0.475 bits per heavy atom. The van der Waals surface area contributed by atoms with Gasteiger partial charge in [-0.1, -0.05) is 30.3 Å². The van der Waals surface area contributed by atoms with Crippen LogP contribution in [0.25, 0.3) is 0 Å². The van der Waals surface area contributed by atoms with Gasteiger partial charge in [0, 0.05) is 0 Å². The molecule has 6 rings (SSSR count). The molecule has 316 valence electrons. The average Bonchev–Trinajstić information content (AvgIpc) is 3.28. The second-order valence-electron chi connectivity index (χ2n) is 10.9. The van der Waals surface area contributed by atoms with Crippen LogP contribution in [0, 0.1) is 57.6 Å². The number of nitriles is 2. The molecule has 0 atom stereocenters. The lowest BCUT2D eigenvalue weighted by Crippen LogP contribution is -1.97. The van der Waals surface area contributed by atoms with Crippen molar-refractivity contribution in [2.75, 3.05) is 28.4 Å². The van der Waals surface area contributed by atoms with Crippen molar-refractivity contribution in [2.45, 2.75) is 0 Å². The number of aldehydes is 3. The number of halogens is 7. The molecule has 0 unspecified atom stereocenters. The maximum atomic E-state index is 13.3. The molecule has 0 fully saturated rings. The van der Waals surface area contributed by atoms with Gasteiger partial charge in [0.2, 0.25) is 0 Å². The first kappa shape index (κ1) is 51.6. The number of carbonyl (C=O) groups is 3. The van der Waals surface area contributed by atoms with E-state index in [1.54, 1.807) is 48.5 Å². The van der Waals surface area contributed by atoms with Crippen molar-refractivity contribution in [1.29, 1.82) is 10.5 Å². The van der Waals surface area contributed by atoms with Gasteiger partial charge in [-0.15, -0.1) is 0 Å². The first-order chi connectivity index (χ1) is 29.3. The number of para-hydroxylation sites is 1. The van der Waals surface area contributed by atoms with Crippen LogP contribution < -0.4 is 18.9 Å². The summed E-state index contributed by atoms with van der Waals surface area (Å²) in [4.78, 5) is 30.5. The molecule has 0 spiro atoms. The third-order valence-electron chi connectivity index (χ3n) is 7.08. The van der Waals surface area contributed by atoms with E-state index in [1.165, 1.54) is 101 Å². The molecule has 9 nitrogen and oxygen atoms in total. The Balaban J connectivity index is 0.000000368. The Hall–Kier alpha value is -7.43. The fraction of sp³-hybridized carbons (Fsp3) is 0.0889. The molecule has 0 heterocycles. The van der Waals surface area contributed by atoms with Crippen molar-refractivity contribution in [3.05, 3.63) is 189 Å². The highest BCUT2D eigenvalue weighted by molar-refractivity contribution is 9.10. The van der Waals surface area contributed by atoms with E-state index in [0.717, 1.165) is 6.07 Å². The fourth-order valence-electron chi connectivity index (χ4n) is 4.08. The van der Waals surface area contributed by atoms with E-state index in [0.29, 0.717) is 34.6 Å². The molecule has 6 aromatic rings. The minimum atomic E-state index is -0.697. The summed E-state index contributed by atoms with van der Waals surface area (Å²) in [6, 6.07) is 32.4. The largest absolute Gasteiger partial charge is 0.493 e. The highest BCUT2D eigenvalue weighted by Crippen LogP contribution is 2.31. The predicted octanol–water partition coefficient (Wildman–Crippen LogP) is 10.9. The summed E-state index contributed by atoms with van der Waals surface area (Å²) in [5.74, 6) is -1.92. The zero-order chi connectivity index (χ0) is 45.7. The summed E-state index contributed by atoms with van der Waals surface area (Å²) in [6.45, 7) is 0. The third-order valence-corrected chi connectivity index (χ3v) is 7.72. The molecule has 16 heteroatoms. The van der Waals surface area contributed by atoms with Crippen molar-refractivity contribution < 1.29 is 59.7 Å². The van der Waals surface area contributed by atoms with Gasteiger partial charge in [0.15, 0.2) is 53.5 Å². The maximum Gasteiger partial charge on any atom is 0.197 e. The second-order valence-corrected chi connectivity index (χ2v) is 11.8. The summed E-state index contributed by atoms with van der Waals surface area (Å²) >= 11 is 3.02. The van der Waals surface area contributed by atoms with E-state index in [-0.39, 0.29) is 51.1 Å². The summed E-state index contributed by atoms with van der Waals surface area (Å²) in [6.07, 6.45) is 1.31. The molecule has 0 aromatic heterocycles. The first-order valence-corrected chi connectivity index (χ1v) is 17.7. The number of rotatable bonds is 7. The molecule has 6 aromatic carbocycles. The highest BCUT2D eigenvalue weighted by atomic mass is 79.9. The van der Waals surface area contributed by atoms with Crippen LogP contribution in [0.2, 0.25) is 0 Å². The molecule has 0 aliphatic heterocycles. The normalized spacial score (nSPS) is 9.07. The Bertz CT molecular complexity index is 2390. The van der Waals surface area contributed by atoms with Crippen LogP contribution in [-0.4, -0.2) is 47.3 Å². The van der Waals surface area contributed by atoms with Gasteiger partial charge in [-0.25, -0.2) is 26.3 Å². The molecular weight excluding hydrogens is 874 g/mol. The van der Waals surface area contributed by atoms with Crippen molar-refractivity contribution in [3.8, 4) is 35.1 Å². The van der Waals surface area contributed by atoms with Crippen LogP contribution in [0.5, 0.6) is 23.0 Å². The van der Waals surface area contributed by atoms with E-state index in [2.05, 4.69) is 15.9 Å². The lowest BCUT2D eigenvalue weighted by molar-refractivity contribution is 0.111. The smallest absolute Gasteiger partial charge is 0.197 e. The van der Waals surface area contributed by atoms with Gasteiger partial charge in [-0.2, -0.15) is 10.5 Å². The number of ether oxygens (including phenoxy) is 4. The van der Waals surface area contributed by atoms with Crippen LogP contribution in [0.1, 0.15) is 42.2 Å². The Morgan fingerprint density at radius 2 is 0.967 bits per heavy atom. The van der Waals surface area contributed by atoms with Gasteiger partial charge in [0.25, 0.3) is 0 Å². The topological polar surface area (TPSA) is 136 Å². The van der Waals surface area contributed by atoms with E-state index in [1.807, 2.05) is 6.07 Å². The predicted molar refractivity (Wildman–Crippen MR) is 218 cm³/mol. The van der Waals surface area contributed by atoms with Crippen molar-refractivity contribution in [3.63, 3.8) is 0 Å². The maximum absolute atomic E-state index is 13.3. The molecule has 0 bridgehead atoms. The lowest BCUT2D eigenvalue weighted by Gasteiger charge is -2.08. The molecule has 0 amide bonds. The van der Waals surface area contributed by atoms with Crippen LogP contribution in [-0.2, 0) is 0 Å². The minimum Gasteiger partial charge on any atom is -0.493 e. The zero-order valence-electron chi connectivity index (χ0n) is 32.7. The summed E-state index contributed by atoms with van der Waals surface area (Å²) < 4.78 is 95.1. The number of hydrogen-bond donors (Lipinski definition) is 0. The van der Waals surface area contributed by atoms with E-state index >= 15 is 0 Å². The number of carbonyl (C=O) groups excluding carboxylic acids is 3. The standard InChI is InChI=1S/C9H9FO3.C8H4FNO.C8H9FO2.C7H4FN.C7H5FO.C6H4BrF/c1-12-7-4-3-6(5-11)8(10)9(7)13-2;9-8-2-1-6(4-10)3-7(8)5-11;1-10-7-5-3-4-6(9)8(7)11-2;8-7-3-1-6(5-9)2-4-7;8-7-4-2-1-3-6(7)5-9;7-5-3-1-2-4-6(5)8/h3-5H,1-2H3;1-3,5H;3-5H,1-2H3;1-4H;1-5H;1-4H. The number of benzene rings is 6. The summed E-state index contributed by atoms with van der Waals surface area (Å²) in [7, 11) is 5.59. The lowest BCUT2D eigenvalue weighted by atomic mass is 10.1. The highest BCUT2D eigenvalue weighted by Gasteiger charge is 2.13. The minimum absolute atomic E-state index is 0.0438. The van der Waals surface area contributed by atoms with E-state index in [9.17, 15) is 40.7 Å².